The fourth-order valence-corrected chi connectivity index (χ4v) is 4.65. The molecule has 7 rings (SSSR count). The van der Waals surface area contributed by atoms with E-state index in [1.54, 1.807) is 6.20 Å². The molecule has 5 heteroatoms. The van der Waals surface area contributed by atoms with Gasteiger partial charge in [-0.25, -0.2) is 4.98 Å². The smallest absolute Gasteiger partial charge is 0.216 e. The molecule has 203 valence electrons. The van der Waals surface area contributed by atoms with Gasteiger partial charge in [0, 0.05) is 43.6 Å². The summed E-state index contributed by atoms with van der Waals surface area (Å²) in [6.07, 6.45) is 5.46. The van der Waals surface area contributed by atoms with Crippen molar-refractivity contribution in [2.45, 2.75) is 19.8 Å². The normalized spacial score (nSPS) is 10.6. The summed E-state index contributed by atoms with van der Waals surface area (Å²) >= 11 is 0. The summed E-state index contributed by atoms with van der Waals surface area (Å²) in [7, 11) is 0. The zero-order valence-corrected chi connectivity index (χ0v) is 24.9. The maximum atomic E-state index is 6.19. The van der Waals surface area contributed by atoms with Gasteiger partial charge in [0.1, 0.15) is 0 Å². The van der Waals surface area contributed by atoms with Gasteiger partial charge in [0.25, 0.3) is 0 Å². The Hall–Kier alpha value is -4.44. The Labute approximate surface area is 253 Å². The average molecular weight is 710 g/mol. The minimum atomic E-state index is 0. The van der Waals surface area contributed by atoms with Gasteiger partial charge < -0.3 is 14.4 Å². The summed E-state index contributed by atoms with van der Waals surface area (Å²) in [5.41, 5.74) is 8.74. The molecule has 0 bridgehead atoms. The number of pyridine rings is 3. The van der Waals surface area contributed by atoms with E-state index in [0.717, 1.165) is 63.0 Å². The van der Waals surface area contributed by atoms with E-state index in [0.29, 0.717) is 5.71 Å². The summed E-state index contributed by atoms with van der Waals surface area (Å²) in [6.45, 7) is 2.06. The van der Waals surface area contributed by atoms with Gasteiger partial charge >= 0.3 is 0 Å². The number of aromatic nitrogens is 3. The third-order valence-electron chi connectivity index (χ3n) is 6.69. The first-order valence-electron chi connectivity index (χ1n) is 13.3. The van der Waals surface area contributed by atoms with Gasteiger partial charge in [-0.05, 0) is 61.0 Å². The minimum absolute atomic E-state index is 0. The predicted octanol–water partition coefficient (Wildman–Crippen LogP) is 8.48. The second kappa shape index (κ2) is 13.3. The molecule has 0 aliphatic carbocycles. The van der Waals surface area contributed by atoms with Crippen LogP contribution in [0, 0.1) is 19.1 Å². The molecule has 4 nitrogen and oxygen atoms in total. The fourth-order valence-electron chi connectivity index (χ4n) is 4.65. The molecular weight excluding hydrogens is 683 g/mol. The standard InChI is InChI=1S/C25H19N2O.C11H8N.Ir/c1-17-14-15-26-23(16-17)22-9-5-8-20-21-13-12-19(27-25(21)28-24(20)22)11-10-18-6-3-2-4-7-18;1-2-6-10(7-3-1)11-8-4-5-9-12-11;/h2-8,12-16H,10-11H2,1H3;1-6,8-9H;/q2*-1;. The van der Waals surface area contributed by atoms with Crippen LogP contribution in [0.4, 0.5) is 0 Å². The van der Waals surface area contributed by atoms with Crippen LogP contribution in [0.25, 0.3) is 44.6 Å². The van der Waals surface area contributed by atoms with Gasteiger partial charge in [0.05, 0.1) is 5.58 Å². The molecule has 0 saturated carbocycles. The van der Waals surface area contributed by atoms with Crippen molar-refractivity contribution < 1.29 is 24.5 Å². The maximum absolute atomic E-state index is 6.19. The largest absolute Gasteiger partial charge is 0.486 e. The molecule has 4 heterocycles. The van der Waals surface area contributed by atoms with E-state index in [9.17, 15) is 0 Å². The van der Waals surface area contributed by atoms with E-state index < -0.39 is 0 Å². The van der Waals surface area contributed by atoms with E-state index in [4.69, 9.17) is 9.40 Å². The number of rotatable bonds is 5. The fraction of sp³-hybridized carbons (Fsp3) is 0.0833. The number of aryl methyl sites for hydroxylation is 3. The molecule has 4 aromatic heterocycles. The Balaban J connectivity index is 0.000000218. The average Bonchev–Trinajstić information content (AvgIpc) is 3.40. The van der Waals surface area contributed by atoms with E-state index in [1.165, 1.54) is 5.56 Å². The summed E-state index contributed by atoms with van der Waals surface area (Å²) < 4.78 is 6.19. The number of hydrogen-bond acceptors (Lipinski definition) is 4. The van der Waals surface area contributed by atoms with Crippen molar-refractivity contribution in [3.63, 3.8) is 0 Å². The van der Waals surface area contributed by atoms with Crippen LogP contribution in [-0.4, -0.2) is 15.0 Å². The van der Waals surface area contributed by atoms with Crippen LogP contribution in [0.1, 0.15) is 16.8 Å². The molecule has 0 saturated heterocycles. The number of furan rings is 1. The van der Waals surface area contributed by atoms with Crippen molar-refractivity contribution in [3.8, 4) is 22.5 Å². The zero-order valence-electron chi connectivity index (χ0n) is 22.5. The van der Waals surface area contributed by atoms with Crippen LogP contribution in [0.3, 0.4) is 0 Å². The number of nitrogens with zero attached hydrogens (tertiary/aromatic N) is 3. The molecule has 1 radical (unpaired) electrons. The summed E-state index contributed by atoms with van der Waals surface area (Å²) in [5, 5.41) is 2.08. The molecule has 0 unspecified atom stereocenters. The van der Waals surface area contributed by atoms with Gasteiger partial charge in [-0.3, -0.25) is 0 Å². The first-order chi connectivity index (χ1) is 19.7. The van der Waals surface area contributed by atoms with Crippen molar-refractivity contribution in [2.24, 2.45) is 0 Å². The first-order valence-corrected chi connectivity index (χ1v) is 13.3. The number of benzene rings is 3. The van der Waals surface area contributed by atoms with Crippen LogP contribution in [0.5, 0.6) is 0 Å². The van der Waals surface area contributed by atoms with Gasteiger partial charge in [0.15, 0.2) is 0 Å². The monoisotopic (exact) mass is 710 g/mol. The Morgan fingerprint density at radius 2 is 1.51 bits per heavy atom. The van der Waals surface area contributed by atoms with Crippen molar-refractivity contribution in [3.05, 3.63) is 151 Å². The van der Waals surface area contributed by atoms with Crippen LogP contribution in [0.15, 0.2) is 126 Å². The Morgan fingerprint density at radius 1 is 0.683 bits per heavy atom. The van der Waals surface area contributed by atoms with Crippen molar-refractivity contribution in [1.29, 1.82) is 0 Å². The first kappa shape index (κ1) is 28.1. The molecule has 0 amide bonds. The number of hydrogen-bond donors (Lipinski definition) is 0. The number of fused-ring (bicyclic) bond motifs is 3. The van der Waals surface area contributed by atoms with Gasteiger partial charge in [-0.1, -0.05) is 65.0 Å². The van der Waals surface area contributed by atoms with Crippen molar-refractivity contribution in [1.82, 2.24) is 15.0 Å². The molecule has 41 heavy (non-hydrogen) atoms. The Kier molecular flexibility index (Phi) is 9.10. The third kappa shape index (κ3) is 6.66. The molecule has 0 aliphatic rings. The summed E-state index contributed by atoms with van der Waals surface area (Å²) in [5.74, 6) is 0. The molecule has 0 fully saturated rings. The minimum Gasteiger partial charge on any atom is -0.486 e. The molecular formula is C36H27IrN3O-2. The van der Waals surface area contributed by atoms with Crippen molar-refractivity contribution in [2.75, 3.05) is 0 Å². The topological polar surface area (TPSA) is 51.8 Å². The van der Waals surface area contributed by atoms with Crippen LogP contribution in [0.2, 0.25) is 0 Å². The second-order valence-electron chi connectivity index (χ2n) is 9.55. The van der Waals surface area contributed by atoms with E-state index in [-0.39, 0.29) is 20.1 Å². The molecule has 0 aliphatic heterocycles. The van der Waals surface area contributed by atoms with Gasteiger partial charge in [0.2, 0.25) is 5.71 Å². The van der Waals surface area contributed by atoms with Crippen LogP contribution >= 0.6 is 0 Å². The van der Waals surface area contributed by atoms with Crippen LogP contribution in [-0.2, 0) is 32.9 Å². The second-order valence-corrected chi connectivity index (χ2v) is 9.55. The SMILES string of the molecule is Cc1ccnc(-c2[c-]ccc3c2oc2nc(CCc4ccccc4)ccc23)c1.[Ir].[c-]1ccccc1-c1ccccn1. The molecule has 7 aromatic rings. The molecule has 3 aromatic carbocycles. The predicted molar refractivity (Wildman–Crippen MR) is 161 cm³/mol. The summed E-state index contributed by atoms with van der Waals surface area (Å²) in [6, 6.07) is 42.8. The molecule has 0 atom stereocenters. The summed E-state index contributed by atoms with van der Waals surface area (Å²) in [4.78, 5) is 13.5. The Morgan fingerprint density at radius 3 is 2.29 bits per heavy atom. The zero-order chi connectivity index (χ0) is 27.1. The van der Waals surface area contributed by atoms with Crippen LogP contribution < -0.4 is 0 Å². The maximum Gasteiger partial charge on any atom is 0.216 e. The quantitative estimate of drug-likeness (QED) is 0.168. The van der Waals surface area contributed by atoms with E-state index in [1.807, 2.05) is 72.9 Å². The van der Waals surface area contributed by atoms with Crippen molar-refractivity contribution >= 4 is 22.1 Å². The van der Waals surface area contributed by atoms with E-state index >= 15 is 0 Å². The van der Waals surface area contributed by atoms with Gasteiger partial charge in [-0.15, -0.1) is 54.1 Å². The Bertz CT molecular complexity index is 1820. The molecule has 0 N–H and O–H groups in total. The third-order valence-corrected chi connectivity index (χ3v) is 6.69. The molecule has 0 spiro atoms. The van der Waals surface area contributed by atoms with Gasteiger partial charge in [-0.2, -0.15) is 0 Å². The van der Waals surface area contributed by atoms with E-state index in [2.05, 4.69) is 71.5 Å².